The Balaban J connectivity index is 1.45. The van der Waals surface area contributed by atoms with Crippen LogP contribution < -0.4 is 5.32 Å². The maximum Gasteiger partial charge on any atom is 0.238 e. The van der Waals surface area contributed by atoms with Gasteiger partial charge in [0.25, 0.3) is 0 Å². The number of nitrogens with zero attached hydrogens (tertiary/aromatic N) is 2. The van der Waals surface area contributed by atoms with Gasteiger partial charge in [-0.25, -0.2) is 0 Å². The molecule has 0 atom stereocenters. The van der Waals surface area contributed by atoms with Crippen LogP contribution in [0.5, 0.6) is 0 Å². The highest BCUT2D eigenvalue weighted by Crippen LogP contribution is 2.27. The number of anilines is 1. The Kier molecular flexibility index (Phi) is 7.98. The molecule has 2 amide bonds. The molecule has 1 aromatic carbocycles. The summed E-state index contributed by atoms with van der Waals surface area (Å²) in [7, 11) is 0. The number of thioether (sulfide) groups is 1. The van der Waals surface area contributed by atoms with Crippen molar-refractivity contribution >= 4 is 29.3 Å². The minimum atomic E-state index is -0.00119. The van der Waals surface area contributed by atoms with Crippen molar-refractivity contribution in [1.82, 2.24) is 9.80 Å². The molecular formula is C22H31N3O2S. The molecular weight excluding hydrogens is 370 g/mol. The number of amides is 2. The number of para-hydroxylation sites is 1. The second-order valence-corrected chi connectivity index (χ2v) is 8.64. The van der Waals surface area contributed by atoms with Gasteiger partial charge in [0.1, 0.15) is 0 Å². The number of hydrogen-bond donors (Lipinski definition) is 1. The van der Waals surface area contributed by atoms with Crippen LogP contribution in [-0.2, 0) is 9.59 Å². The van der Waals surface area contributed by atoms with Crippen molar-refractivity contribution in [3.8, 4) is 0 Å². The van der Waals surface area contributed by atoms with Crippen molar-refractivity contribution in [2.75, 3.05) is 43.8 Å². The highest BCUT2D eigenvalue weighted by Gasteiger charge is 2.28. The third-order valence-corrected chi connectivity index (χ3v) is 6.59. The second-order valence-electron chi connectivity index (χ2n) is 7.58. The van der Waals surface area contributed by atoms with E-state index in [1.165, 1.54) is 19.3 Å². The van der Waals surface area contributed by atoms with Gasteiger partial charge in [-0.15, -0.1) is 18.3 Å². The van der Waals surface area contributed by atoms with Gasteiger partial charge < -0.3 is 10.2 Å². The summed E-state index contributed by atoms with van der Waals surface area (Å²) in [5, 5.41) is 3.04. The molecule has 2 fully saturated rings. The van der Waals surface area contributed by atoms with Crippen molar-refractivity contribution in [3.05, 3.63) is 36.9 Å². The lowest BCUT2D eigenvalue weighted by Crippen LogP contribution is -2.52. The molecule has 1 heterocycles. The number of benzene rings is 1. The lowest BCUT2D eigenvalue weighted by Gasteiger charge is -2.36. The lowest BCUT2D eigenvalue weighted by molar-refractivity contribution is -0.138. The van der Waals surface area contributed by atoms with Crippen LogP contribution in [0.15, 0.2) is 41.8 Å². The van der Waals surface area contributed by atoms with Gasteiger partial charge in [-0.3, -0.25) is 14.5 Å². The number of carbonyl (C=O) groups is 2. The van der Waals surface area contributed by atoms with Gasteiger partial charge in [-0.2, -0.15) is 0 Å². The summed E-state index contributed by atoms with van der Waals surface area (Å²) in [6, 6.07) is 7.86. The molecule has 28 heavy (non-hydrogen) atoms. The summed E-state index contributed by atoms with van der Waals surface area (Å²) in [5.41, 5.74) is 0.852. The zero-order valence-electron chi connectivity index (χ0n) is 16.6. The molecule has 6 heteroatoms. The Morgan fingerprint density at radius 1 is 1.11 bits per heavy atom. The number of piperazine rings is 1. The molecule has 0 spiro atoms. The fraction of sp³-hybridized carbons (Fsp3) is 0.545. The standard InChI is InChI=1S/C22H31N3O2S/c1-2-16-28-20-11-7-6-10-19(20)23-21(26)17-24-12-14-25(15-13-24)22(27)18-8-4-3-5-9-18/h2,6-7,10-11,18H,1,3-5,8-9,12-17H2,(H,23,26). The van der Waals surface area contributed by atoms with E-state index in [2.05, 4.69) is 16.8 Å². The van der Waals surface area contributed by atoms with Gasteiger partial charge in [0, 0.05) is 42.7 Å². The molecule has 1 aromatic rings. The van der Waals surface area contributed by atoms with Crippen molar-refractivity contribution in [3.63, 3.8) is 0 Å². The molecule has 1 aliphatic heterocycles. The van der Waals surface area contributed by atoms with Crippen LogP contribution in [0.4, 0.5) is 5.69 Å². The average Bonchev–Trinajstić information content (AvgIpc) is 2.74. The number of nitrogens with one attached hydrogen (secondary N) is 1. The van der Waals surface area contributed by atoms with Crippen LogP contribution in [0.1, 0.15) is 32.1 Å². The Bertz CT molecular complexity index is 680. The van der Waals surface area contributed by atoms with E-state index in [9.17, 15) is 9.59 Å². The van der Waals surface area contributed by atoms with Crippen LogP contribution in [0.3, 0.4) is 0 Å². The number of carbonyl (C=O) groups excluding carboxylic acids is 2. The largest absolute Gasteiger partial charge is 0.340 e. The maximum atomic E-state index is 12.7. The smallest absolute Gasteiger partial charge is 0.238 e. The molecule has 0 aromatic heterocycles. The summed E-state index contributed by atoms with van der Waals surface area (Å²) in [6.45, 7) is 7.10. The molecule has 1 aliphatic carbocycles. The SMILES string of the molecule is C=CCSc1ccccc1NC(=O)CN1CCN(C(=O)C2CCCCC2)CC1. The Morgan fingerprint density at radius 2 is 1.82 bits per heavy atom. The first-order valence-electron chi connectivity index (χ1n) is 10.3. The van der Waals surface area contributed by atoms with E-state index in [1.54, 1.807) is 11.8 Å². The minimum Gasteiger partial charge on any atom is -0.340 e. The van der Waals surface area contributed by atoms with Crippen LogP contribution in [0.25, 0.3) is 0 Å². The average molecular weight is 402 g/mol. The zero-order chi connectivity index (χ0) is 19.8. The first kappa shape index (κ1) is 20.9. The lowest BCUT2D eigenvalue weighted by atomic mass is 9.88. The van der Waals surface area contributed by atoms with E-state index in [-0.39, 0.29) is 11.8 Å². The topological polar surface area (TPSA) is 52.7 Å². The van der Waals surface area contributed by atoms with Crippen molar-refractivity contribution < 1.29 is 9.59 Å². The monoisotopic (exact) mass is 401 g/mol. The van der Waals surface area contributed by atoms with Gasteiger partial charge in [0.05, 0.1) is 12.2 Å². The van der Waals surface area contributed by atoms with E-state index in [1.807, 2.05) is 35.2 Å². The number of hydrogen-bond acceptors (Lipinski definition) is 4. The zero-order valence-corrected chi connectivity index (χ0v) is 17.4. The van der Waals surface area contributed by atoms with Gasteiger partial charge in [-0.05, 0) is 25.0 Å². The summed E-state index contributed by atoms with van der Waals surface area (Å²) in [6.07, 6.45) is 7.58. The molecule has 0 unspecified atom stereocenters. The van der Waals surface area contributed by atoms with E-state index >= 15 is 0 Å². The van der Waals surface area contributed by atoms with Gasteiger partial charge in [0.15, 0.2) is 0 Å². The molecule has 5 nitrogen and oxygen atoms in total. The predicted octanol–water partition coefficient (Wildman–Crippen LogP) is 3.63. The molecule has 1 saturated carbocycles. The third-order valence-electron chi connectivity index (χ3n) is 5.52. The van der Waals surface area contributed by atoms with E-state index in [0.717, 1.165) is 55.4 Å². The van der Waals surface area contributed by atoms with Gasteiger partial charge in [-0.1, -0.05) is 37.5 Å². The molecule has 2 aliphatic rings. The molecule has 152 valence electrons. The van der Waals surface area contributed by atoms with Gasteiger partial charge in [0.2, 0.25) is 11.8 Å². The molecule has 1 N–H and O–H groups in total. The molecule has 0 bridgehead atoms. The van der Waals surface area contributed by atoms with Crippen molar-refractivity contribution in [2.24, 2.45) is 5.92 Å². The van der Waals surface area contributed by atoms with Crippen LogP contribution in [0, 0.1) is 5.92 Å². The fourth-order valence-corrected chi connectivity index (χ4v) is 4.72. The Labute approximate surface area is 172 Å². The van der Waals surface area contributed by atoms with Crippen molar-refractivity contribution in [1.29, 1.82) is 0 Å². The van der Waals surface area contributed by atoms with Crippen LogP contribution in [-0.4, -0.2) is 60.1 Å². The van der Waals surface area contributed by atoms with E-state index in [4.69, 9.17) is 0 Å². The highest BCUT2D eigenvalue weighted by atomic mass is 32.2. The molecule has 0 radical (unpaired) electrons. The molecule has 3 rings (SSSR count). The first-order valence-corrected chi connectivity index (χ1v) is 11.3. The highest BCUT2D eigenvalue weighted by molar-refractivity contribution is 7.99. The van der Waals surface area contributed by atoms with Crippen LogP contribution >= 0.6 is 11.8 Å². The second kappa shape index (κ2) is 10.7. The van der Waals surface area contributed by atoms with Gasteiger partial charge >= 0.3 is 0 Å². The summed E-state index contributed by atoms with van der Waals surface area (Å²) in [4.78, 5) is 30.4. The third kappa shape index (κ3) is 5.85. The first-order chi connectivity index (χ1) is 13.7. The normalized spacial score (nSPS) is 18.6. The maximum absolute atomic E-state index is 12.7. The van der Waals surface area contributed by atoms with Crippen LogP contribution in [0.2, 0.25) is 0 Å². The Hall–Kier alpha value is -1.79. The quantitative estimate of drug-likeness (QED) is 0.560. The summed E-state index contributed by atoms with van der Waals surface area (Å²) in [5.74, 6) is 1.37. The minimum absolute atomic E-state index is 0.00119. The molecule has 1 saturated heterocycles. The number of rotatable bonds is 7. The van der Waals surface area contributed by atoms with Crippen molar-refractivity contribution in [2.45, 2.75) is 37.0 Å². The summed E-state index contributed by atoms with van der Waals surface area (Å²) < 4.78 is 0. The van der Waals surface area contributed by atoms with E-state index in [0.29, 0.717) is 12.5 Å². The van der Waals surface area contributed by atoms with E-state index < -0.39 is 0 Å². The predicted molar refractivity (Wildman–Crippen MR) is 116 cm³/mol. The Morgan fingerprint density at radius 3 is 2.54 bits per heavy atom. The fourth-order valence-electron chi connectivity index (χ4n) is 3.97. The summed E-state index contributed by atoms with van der Waals surface area (Å²) >= 11 is 1.66.